The van der Waals surface area contributed by atoms with Crippen molar-refractivity contribution < 1.29 is 4.79 Å². The van der Waals surface area contributed by atoms with E-state index in [0.717, 1.165) is 29.8 Å². The van der Waals surface area contributed by atoms with Gasteiger partial charge in [-0.25, -0.2) is 0 Å². The van der Waals surface area contributed by atoms with E-state index in [2.05, 4.69) is 25.3 Å². The predicted molar refractivity (Wildman–Crippen MR) is 96.9 cm³/mol. The zero-order chi connectivity index (χ0) is 17.1. The predicted octanol–water partition coefficient (Wildman–Crippen LogP) is 5.21. The molecule has 1 unspecified atom stereocenters. The van der Waals surface area contributed by atoms with Crippen molar-refractivity contribution in [3.05, 3.63) is 46.6 Å². The fourth-order valence-electron chi connectivity index (χ4n) is 2.99. The summed E-state index contributed by atoms with van der Waals surface area (Å²) in [5.41, 5.74) is 9.13. The molecule has 2 aromatic rings. The van der Waals surface area contributed by atoms with E-state index in [0.29, 0.717) is 22.5 Å². The number of amides is 1. The standard InChI is InChI=1S/C19H25ClN2O/c1-12(2)5-6-13(3)22-14(4)17(19(21)23)11-18(22)15-7-9-16(20)10-8-15/h7-13H,5-6H2,1-4H3,(H2,21,23). The lowest BCUT2D eigenvalue weighted by Crippen LogP contribution is -2.14. The van der Waals surface area contributed by atoms with Gasteiger partial charge in [-0.1, -0.05) is 37.6 Å². The van der Waals surface area contributed by atoms with Crippen LogP contribution in [0.1, 0.15) is 55.7 Å². The van der Waals surface area contributed by atoms with Crippen LogP contribution in [0.3, 0.4) is 0 Å². The topological polar surface area (TPSA) is 48.0 Å². The van der Waals surface area contributed by atoms with Crippen LogP contribution in [0.15, 0.2) is 30.3 Å². The average molecular weight is 333 g/mol. The van der Waals surface area contributed by atoms with Crippen molar-refractivity contribution in [2.75, 3.05) is 0 Å². The molecule has 1 atom stereocenters. The Bertz CT molecular complexity index is 686. The molecule has 0 aliphatic heterocycles. The highest BCUT2D eigenvalue weighted by Crippen LogP contribution is 2.32. The zero-order valence-corrected chi connectivity index (χ0v) is 15.0. The normalized spacial score (nSPS) is 12.6. The first-order valence-corrected chi connectivity index (χ1v) is 8.46. The Balaban J connectivity index is 2.49. The quantitative estimate of drug-likeness (QED) is 0.775. The maximum atomic E-state index is 11.7. The average Bonchev–Trinajstić information content (AvgIpc) is 2.83. The highest BCUT2D eigenvalue weighted by Gasteiger charge is 2.20. The van der Waals surface area contributed by atoms with Gasteiger partial charge in [-0.15, -0.1) is 0 Å². The van der Waals surface area contributed by atoms with Crippen LogP contribution in [0.25, 0.3) is 11.3 Å². The number of halogens is 1. The molecule has 2 N–H and O–H groups in total. The van der Waals surface area contributed by atoms with Crippen LogP contribution in [0.5, 0.6) is 0 Å². The molecule has 0 saturated carbocycles. The molecule has 3 nitrogen and oxygen atoms in total. The number of hydrogen-bond donors (Lipinski definition) is 1. The molecule has 0 radical (unpaired) electrons. The van der Waals surface area contributed by atoms with E-state index in [1.54, 1.807) is 0 Å². The Morgan fingerprint density at radius 2 is 1.78 bits per heavy atom. The monoisotopic (exact) mass is 332 g/mol. The van der Waals surface area contributed by atoms with Gasteiger partial charge in [-0.3, -0.25) is 4.79 Å². The number of aromatic nitrogens is 1. The molecular weight excluding hydrogens is 308 g/mol. The summed E-state index contributed by atoms with van der Waals surface area (Å²) in [6.07, 6.45) is 2.21. The third-order valence-corrected chi connectivity index (χ3v) is 4.55. The maximum absolute atomic E-state index is 11.7. The van der Waals surface area contributed by atoms with E-state index in [1.807, 2.05) is 37.3 Å². The summed E-state index contributed by atoms with van der Waals surface area (Å²) in [4.78, 5) is 11.7. The molecule has 1 amide bonds. The third-order valence-electron chi connectivity index (χ3n) is 4.30. The van der Waals surface area contributed by atoms with Crippen molar-refractivity contribution in [3.63, 3.8) is 0 Å². The van der Waals surface area contributed by atoms with Crippen molar-refractivity contribution in [3.8, 4) is 11.3 Å². The highest BCUT2D eigenvalue weighted by atomic mass is 35.5. The Labute approximate surface area is 143 Å². The molecule has 1 heterocycles. The van der Waals surface area contributed by atoms with Crippen LogP contribution in [0.2, 0.25) is 5.02 Å². The summed E-state index contributed by atoms with van der Waals surface area (Å²) in [7, 11) is 0. The van der Waals surface area contributed by atoms with Crippen molar-refractivity contribution in [2.45, 2.75) is 46.6 Å². The fraction of sp³-hybridized carbons (Fsp3) is 0.421. The number of hydrogen-bond acceptors (Lipinski definition) is 1. The van der Waals surface area contributed by atoms with Gasteiger partial charge >= 0.3 is 0 Å². The van der Waals surface area contributed by atoms with Crippen LogP contribution in [0.4, 0.5) is 0 Å². The van der Waals surface area contributed by atoms with Gasteiger partial charge in [-0.2, -0.15) is 0 Å². The first kappa shape index (κ1) is 17.6. The van der Waals surface area contributed by atoms with Crippen molar-refractivity contribution in [2.24, 2.45) is 11.7 Å². The summed E-state index contributed by atoms with van der Waals surface area (Å²) in [6.45, 7) is 8.61. The Morgan fingerprint density at radius 1 is 1.17 bits per heavy atom. The van der Waals surface area contributed by atoms with Crippen molar-refractivity contribution in [1.29, 1.82) is 0 Å². The number of primary amides is 1. The van der Waals surface area contributed by atoms with E-state index in [4.69, 9.17) is 17.3 Å². The molecule has 124 valence electrons. The Morgan fingerprint density at radius 3 is 2.30 bits per heavy atom. The summed E-state index contributed by atoms with van der Waals surface area (Å²) in [5, 5.41) is 0.701. The maximum Gasteiger partial charge on any atom is 0.250 e. The number of nitrogens with two attached hydrogens (primary N) is 1. The molecule has 0 spiro atoms. The second-order valence-electron chi connectivity index (χ2n) is 6.59. The van der Waals surface area contributed by atoms with Crippen molar-refractivity contribution in [1.82, 2.24) is 4.57 Å². The fourth-order valence-corrected chi connectivity index (χ4v) is 3.11. The van der Waals surface area contributed by atoms with Gasteiger partial charge in [0, 0.05) is 22.5 Å². The minimum absolute atomic E-state index is 0.302. The first-order valence-electron chi connectivity index (χ1n) is 8.08. The Kier molecular flexibility index (Phi) is 5.53. The van der Waals surface area contributed by atoms with Crippen LogP contribution >= 0.6 is 11.6 Å². The number of nitrogens with zero attached hydrogens (tertiary/aromatic N) is 1. The third kappa shape index (κ3) is 3.97. The van der Waals surface area contributed by atoms with Gasteiger partial charge in [0.05, 0.1) is 5.56 Å². The smallest absolute Gasteiger partial charge is 0.250 e. The zero-order valence-electron chi connectivity index (χ0n) is 14.3. The van der Waals surface area contributed by atoms with Gasteiger partial charge < -0.3 is 10.3 Å². The van der Waals surface area contributed by atoms with Crippen LogP contribution in [-0.4, -0.2) is 10.5 Å². The summed E-state index contributed by atoms with van der Waals surface area (Å²) >= 11 is 5.99. The summed E-state index contributed by atoms with van der Waals surface area (Å²) < 4.78 is 2.23. The minimum Gasteiger partial charge on any atom is -0.366 e. The molecule has 0 aliphatic carbocycles. The molecule has 2 rings (SSSR count). The van der Waals surface area contributed by atoms with Gasteiger partial charge in [0.2, 0.25) is 0 Å². The van der Waals surface area contributed by atoms with E-state index in [9.17, 15) is 4.79 Å². The van der Waals surface area contributed by atoms with Crippen LogP contribution in [-0.2, 0) is 0 Å². The van der Waals surface area contributed by atoms with Gasteiger partial charge in [-0.05, 0) is 56.4 Å². The summed E-state index contributed by atoms with van der Waals surface area (Å²) in [5.74, 6) is 0.274. The molecule has 0 bridgehead atoms. The molecule has 23 heavy (non-hydrogen) atoms. The SMILES string of the molecule is Cc1c(C(N)=O)cc(-c2ccc(Cl)cc2)n1C(C)CCC(C)C. The lowest BCUT2D eigenvalue weighted by molar-refractivity contribution is 0.0999. The molecule has 0 fully saturated rings. The molecular formula is C19H25ClN2O. The highest BCUT2D eigenvalue weighted by molar-refractivity contribution is 6.30. The second-order valence-corrected chi connectivity index (χ2v) is 7.03. The van der Waals surface area contributed by atoms with E-state index >= 15 is 0 Å². The molecule has 0 saturated heterocycles. The molecule has 1 aromatic heterocycles. The lowest BCUT2D eigenvalue weighted by Gasteiger charge is -2.21. The largest absolute Gasteiger partial charge is 0.366 e. The van der Waals surface area contributed by atoms with Gasteiger partial charge in [0.1, 0.15) is 0 Å². The number of carbonyl (C=O) groups excluding carboxylic acids is 1. The number of benzene rings is 1. The second kappa shape index (κ2) is 7.22. The van der Waals surface area contributed by atoms with E-state index < -0.39 is 0 Å². The van der Waals surface area contributed by atoms with Gasteiger partial charge in [0.15, 0.2) is 0 Å². The molecule has 4 heteroatoms. The van der Waals surface area contributed by atoms with Gasteiger partial charge in [0.25, 0.3) is 5.91 Å². The Hall–Kier alpha value is -1.74. The van der Waals surface area contributed by atoms with Crippen LogP contribution in [0, 0.1) is 12.8 Å². The lowest BCUT2D eigenvalue weighted by atomic mass is 10.0. The molecule has 0 aliphatic rings. The van der Waals surface area contributed by atoms with E-state index in [1.165, 1.54) is 0 Å². The summed E-state index contributed by atoms with van der Waals surface area (Å²) in [6, 6.07) is 9.89. The van der Waals surface area contributed by atoms with E-state index in [-0.39, 0.29) is 5.91 Å². The number of carbonyl (C=O) groups is 1. The minimum atomic E-state index is -0.382. The number of rotatable bonds is 6. The van der Waals surface area contributed by atoms with Crippen molar-refractivity contribution >= 4 is 17.5 Å². The molecule has 1 aromatic carbocycles. The van der Waals surface area contributed by atoms with Crippen LogP contribution < -0.4 is 5.73 Å². The first-order chi connectivity index (χ1) is 10.8.